The summed E-state index contributed by atoms with van der Waals surface area (Å²) >= 11 is 0. The zero-order chi connectivity index (χ0) is 12.1. The number of hydrogen-bond acceptors (Lipinski definition) is 3. The molecule has 4 heteroatoms. The van der Waals surface area contributed by atoms with Crippen molar-refractivity contribution >= 4 is 0 Å². The highest BCUT2D eigenvalue weighted by molar-refractivity contribution is 4.98. The molecule has 2 rings (SSSR count). The van der Waals surface area contributed by atoms with Crippen molar-refractivity contribution < 1.29 is 5.11 Å². The van der Waals surface area contributed by atoms with E-state index in [0.29, 0.717) is 6.04 Å². The van der Waals surface area contributed by atoms with Gasteiger partial charge in [0, 0.05) is 32.4 Å². The van der Waals surface area contributed by atoms with Gasteiger partial charge in [-0.2, -0.15) is 0 Å². The molecule has 0 amide bonds. The predicted octanol–water partition coefficient (Wildman–Crippen LogP) is 1.55. The van der Waals surface area contributed by atoms with Gasteiger partial charge in [0.1, 0.15) is 0 Å². The number of hydrogen-bond donors (Lipinski definition) is 1. The van der Waals surface area contributed by atoms with E-state index in [4.69, 9.17) is 0 Å². The van der Waals surface area contributed by atoms with Crippen LogP contribution in [0.1, 0.15) is 37.8 Å². The first kappa shape index (κ1) is 12.6. The Labute approximate surface area is 103 Å². The van der Waals surface area contributed by atoms with Crippen molar-refractivity contribution in [3.8, 4) is 0 Å². The van der Waals surface area contributed by atoms with Crippen LogP contribution in [0.2, 0.25) is 0 Å². The molecule has 4 nitrogen and oxygen atoms in total. The molecule has 1 aromatic rings. The van der Waals surface area contributed by atoms with Crippen LogP contribution >= 0.6 is 0 Å². The third-order valence-corrected chi connectivity index (χ3v) is 3.76. The van der Waals surface area contributed by atoms with E-state index in [9.17, 15) is 5.11 Å². The van der Waals surface area contributed by atoms with E-state index < -0.39 is 0 Å². The fraction of sp³-hybridized carbons (Fsp3) is 0.769. The lowest BCUT2D eigenvalue weighted by atomic mass is 9.94. The van der Waals surface area contributed by atoms with Gasteiger partial charge in [-0.15, -0.1) is 0 Å². The Morgan fingerprint density at radius 2 is 2.18 bits per heavy atom. The maximum atomic E-state index is 9.20. The lowest BCUT2D eigenvalue weighted by molar-refractivity contribution is 0.115. The summed E-state index contributed by atoms with van der Waals surface area (Å²) in [7, 11) is 2.03. The molecule has 0 aliphatic heterocycles. The van der Waals surface area contributed by atoms with Gasteiger partial charge in [-0.05, 0) is 12.8 Å². The van der Waals surface area contributed by atoms with Crippen molar-refractivity contribution in [3.63, 3.8) is 0 Å². The first-order valence-electron chi connectivity index (χ1n) is 6.61. The molecule has 1 aromatic heterocycles. The summed E-state index contributed by atoms with van der Waals surface area (Å²) in [5.74, 6) is 0. The summed E-state index contributed by atoms with van der Waals surface area (Å²) in [5.41, 5.74) is 1.23. The van der Waals surface area contributed by atoms with Crippen LogP contribution in [0, 0.1) is 0 Å². The van der Waals surface area contributed by atoms with Crippen LogP contribution in [0.25, 0.3) is 0 Å². The van der Waals surface area contributed by atoms with Crippen LogP contribution in [0.15, 0.2) is 12.5 Å². The molecule has 0 unspecified atom stereocenters. The summed E-state index contributed by atoms with van der Waals surface area (Å²) < 4.78 is 2.06. The fourth-order valence-corrected chi connectivity index (χ4v) is 2.71. The highest BCUT2D eigenvalue weighted by atomic mass is 16.3. The summed E-state index contributed by atoms with van der Waals surface area (Å²) in [6.45, 7) is 1.92. The standard InChI is InChI=1S/C13H23N3O/c1-15-11-14-9-13(15)10-16(7-8-17)12-5-3-2-4-6-12/h9,11-12,17H,2-8,10H2,1H3. The van der Waals surface area contributed by atoms with E-state index in [1.807, 2.05) is 19.6 Å². The van der Waals surface area contributed by atoms with E-state index in [2.05, 4.69) is 14.5 Å². The Bertz CT molecular complexity index is 331. The van der Waals surface area contributed by atoms with Gasteiger partial charge in [-0.1, -0.05) is 19.3 Å². The Kier molecular flexibility index (Phi) is 4.57. The van der Waals surface area contributed by atoms with Gasteiger partial charge in [0.2, 0.25) is 0 Å². The van der Waals surface area contributed by atoms with E-state index in [1.165, 1.54) is 37.8 Å². The fourth-order valence-electron chi connectivity index (χ4n) is 2.71. The minimum Gasteiger partial charge on any atom is -0.395 e. The molecule has 1 aliphatic rings. The maximum Gasteiger partial charge on any atom is 0.0945 e. The van der Waals surface area contributed by atoms with Gasteiger partial charge >= 0.3 is 0 Å². The monoisotopic (exact) mass is 237 g/mol. The van der Waals surface area contributed by atoms with Crippen LogP contribution in [-0.2, 0) is 13.6 Å². The van der Waals surface area contributed by atoms with Crippen LogP contribution in [0.5, 0.6) is 0 Å². The molecule has 96 valence electrons. The van der Waals surface area contributed by atoms with E-state index in [-0.39, 0.29) is 6.61 Å². The van der Waals surface area contributed by atoms with Gasteiger partial charge in [-0.25, -0.2) is 4.98 Å². The van der Waals surface area contributed by atoms with Crippen LogP contribution < -0.4 is 0 Å². The summed E-state index contributed by atoms with van der Waals surface area (Å²) in [6.07, 6.45) is 10.3. The number of imidazole rings is 1. The average molecular weight is 237 g/mol. The number of aromatic nitrogens is 2. The average Bonchev–Trinajstić information content (AvgIpc) is 2.76. The lowest BCUT2D eigenvalue weighted by Crippen LogP contribution is -2.38. The zero-order valence-electron chi connectivity index (χ0n) is 10.7. The lowest BCUT2D eigenvalue weighted by Gasteiger charge is -2.33. The Hall–Kier alpha value is -0.870. The quantitative estimate of drug-likeness (QED) is 0.844. The topological polar surface area (TPSA) is 41.3 Å². The number of aliphatic hydroxyl groups is 1. The molecule has 0 saturated heterocycles. The number of aliphatic hydroxyl groups excluding tert-OH is 1. The number of aryl methyl sites for hydroxylation is 1. The highest BCUT2D eigenvalue weighted by Crippen LogP contribution is 2.23. The summed E-state index contributed by atoms with van der Waals surface area (Å²) in [5, 5.41) is 9.20. The van der Waals surface area contributed by atoms with Gasteiger partial charge in [-0.3, -0.25) is 4.90 Å². The maximum absolute atomic E-state index is 9.20. The Morgan fingerprint density at radius 1 is 1.41 bits per heavy atom. The third kappa shape index (κ3) is 3.30. The largest absolute Gasteiger partial charge is 0.395 e. The second-order valence-electron chi connectivity index (χ2n) is 4.98. The van der Waals surface area contributed by atoms with Crippen molar-refractivity contribution in [2.24, 2.45) is 7.05 Å². The number of nitrogens with zero attached hydrogens (tertiary/aromatic N) is 3. The van der Waals surface area contributed by atoms with E-state index in [0.717, 1.165) is 13.1 Å². The van der Waals surface area contributed by atoms with Gasteiger partial charge in [0.05, 0.1) is 18.6 Å². The van der Waals surface area contributed by atoms with E-state index >= 15 is 0 Å². The molecule has 1 aliphatic carbocycles. The molecule has 1 heterocycles. The van der Waals surface area contributed by atoms with Crippen molar-refractivity contribution in [2.75, 3.05) is 13.2 Å². The second-order valence-corrected chi connectivity index (χ2v) is 4.98. The smallest absolute Gasteiger partial charge is 0.0945 e. The van der Waals surface area contributed by atoms with Crippen molar-refractivity contribution in [1.82, 2.24) is 14.5 Å². The van der Waals surface area contributed by atoms with Gasteiger partial charge in [0.15, 0.2) is 0 Å². The molecule has 1 saturated carbocycles. The molecule has 1 fully saturated rings. The minimum absolute atomic E-state index is 0.244. The molecule has 0 atom stereocenters. The predicted molar refractivity (Wildman–Crippen MR) is 67.6 cm³/mol. The third-order valence-electron chi connectivity index (χ3n) is 3.76. The normalized spacial score (nSPS) is 17.8. The van der Waals surface area contributed by atoms with Crippen LogP contribution in [-0.4, -0.2) is 38.8 Å². The zero-order valence-corrected chi connectivity index (χ0v) is 10.7. The van der Waals surface area contributed by atoms with Crippen molar-refractivity contribution in [2.45, 2.75) is 44.7 Å². The molecular formula is C13H23N3O. The molecule has 17 heavy (non-hydrogen) atoms. The highest BCUT2D eigenvalue weighted by Gasteiger charge is 2.21. The van der Waals surface area contributed by atoms with E-state index in [1.54, 1.807) is 0 Å². The molecule has 0 radical (unpaired) electrons. The summed E-state index contributed by atoms with van der Waals surface area (Å²) in [4.78, 5) is 6.57. The molecule has 0 bridgehead atoms. The molecule has 0 aromatic carbocycles. The molecule has 0 spiro atoms. The molecular weight excluding hydrogens is 214 g/mol. The van der Waals surface area contributed by atoms with Crippen molar-refractivity contribution in [3.05, 3.63) is 18.2 Å². The first-order valence-corrected chi connectivity index (χ1v) is 6.61. The van der Waals surface area contributed by atoms with Gasteiger partial charge in [0.25, 0.3) is 0 Å². The van der Waals surface area contributed by atoms with Crippen molar-refractivity contribution in [1.29, 1.82) is 0 Å². The number of rotatable bonds is 5. The molecule has 1 N–H and O–H groups in total. The first-order chi connectivity index (χ1) is 8.31. The van der Waals surface area contributed by atoms with Gasteiger partial charge < -0.3 is 9.67 Å². The minimum atomic E-state index is 0.244. The van der Waals surface area contributed by atoms with Crippen LogP contribution in [0.3, 0.4) is 0 Å². The second kappa shape index (κ2) is 6.17. The Balaban J connectivity index is 1.98. The SMILES string of the molecule is Cn1cncc1CN(CCO)C1CCCCC1. The summed E-state index contributed by atoms with van der Waals surface area (Å²) in [6, 6.07) is 0.644. The Morgan fingerprint density at radius 3 is 2.76 bits per heavy atom. The van der Waals surface area contributed by atoms with Crippen LogP contribution in [0.4, 0.5) is 0 Å².